The van der Waals surface area contributed by atoms with Crippen LogP contribution in [-0.2, 0) is 14.8 Å². The highest BCUT2D eigenvalue weighted by Gasteiger charge is 2.36. The average Bonchev–Trinajstić information content (AvgIpc) is 2.41. The van der Waals surface area contributed by atoms with Crippen LogP contribution in [0.4, 0.5) is 5.69 Å². The second-order valence-corrected chi connectivity index (χ2v) is 7.04. The minimum absolute atomic E-state index is 0.0181. The summed E-state index contributed by atoms with van der Waals surface area (Å²) in [6.45, 7) is 1.83. The van der Waals surface area contributed by atoms with E-state index in [0.717, 1.165) is 0 Å². The van der Waals surface area contributed by atoms with E-state index in [0.29, 0.717) is 5.02 Å². The monoisotopic (exact) mass is 320 g/mol. The van der Waals surface area contributed by atoms with E-state index in [1.807, 2.05) is 0 Å². The van der Waals surface area contributed by atoms with E-state index in [1.165, 1.54) is 22.5 Å². The quantitative estimate of drug-likeness (QED) is 0.799. The third-order valence-corrected chi connectivity index (χ3v) is 5.49. The van der Waals surface area contributed by atoms with Gasteiger partial charge in [-0.25, -0.2) is 8.42 Å². The normalized spacial score (nSPS) is 24.8. The molecule has 0 aromatic heterocycles. The van der Waals surface area contributed by atoms with Crippen LogP contribution in [0, 0.1) is 0 Å². The van der Waals surface area contributed by atoms with Crippen LogP contribution in [-0.4, -0.2) is 49.7 Å². The van der Waals surface area contributed by atoms with Gasteiger partial charge in [0.15, 0.2) is 0 Å². The summed E-state index contributed by atoms with van der Waals surface area (Å²) < 4.78 is 32.0. The molecule has 1 aliphatic rings. The number of benzene rings is 1. The second kappa shape index (κ2) is 5.87. The number of sulfonamides is 1. The van der Waals surface area contributed by atoms with Gasteiger partial charge < -0.3 is 15.6 Å². The van der Waals surface area contributed by atoms with Crippen molar-refractivity contribution in [2.45, 2.75) is 24.0 Å². The summed E-state index contributed by atoms with van der Waals surface area (Å²) in [7, 11) is -3.77. The molecule has 1 saturated heterocycles. The summed E-state index contributed by atoms with van der Waals surface area (Å²) in [6, 6.07) is 4.00. The summed E-state index contributed by atoms with van der Waals surface area (Å²) in [6.07, 6.45) is -0.526. The van der Waals surface area contributed by atoms with Gasteiger partial charge in [-0.3, -0.25) is 0 Å². The molecule has 1 aliphatic heterocycles. The molecule has 6 nitrogen and oxygen atoms in total. The minimum Gasteiger partial charge on any atom is -0.398 e. The van der Waals surface area contributed by atoms with Crippen LogP contribution in [0.25, 0.3) is 0 Å². The zero-order valence-electron chi connectivity index (χ0n) is 11.0. The van der Waals surface area contributed by atoms with E-state index in [4.69, 9.17) is 27.2 Å². The number of nitrogens with two attached hydrogens (primary N) is 1. The molecule has 0 saturated carbocycles. The fourth-order valence-electron chi connectivity index (χ4n) is 2.10. The molecule has 2 rings (SSSR count). The van der Waals surface area contributed by atoms with Crippen LogP contribution in [0.3, 0.4) is 0 Å². The van der Waals surface area contributed by atoms with Crippen LogP contribution < -0.4 is 5.73 Å². The average molecular weight is 321 g/mol. The summed E-state index contributed by atoms with van der Waals surface area (Å²) >= 11 is 5.85. The number of halogens is 1. The smallest absolute Gasteiger partial charge is 0.245 e. The van der Waals surface area contributed by atoms with Gasteiger partial charge in [0.2, 0.25) is 10.0 Å². The van der Waals surface area contributed by atoms with Gasteiger partial charge in [-0.1, -0.05) is 11.6 Å². The lowest BCUT2D eigenvalue weighted by Crippen LogP contribution is -2.51. The predicted molar refractivity (Wildman–Crippen MR) is 76.0 cm³/mol. The molecule has 0 bridgehead atoms. The predicted octanol–water partition coefficient (Wildman–Crippen LogP) is 0.692. The highest BCUT2D eigenvalue weighted by Crippen LogP contribution is 2.28. The number of hydrogen-bond acceptors (Lipinski definition) is 5. The van der Waals surface area contributed by atoms with Crippen LogP contribution in [0.15, 0.2) is 23.1 Å². The van der Waals surface area contributed by atoms with Crippen molar-refractivity contribution < 1.29 is 18.3 Å². The van der Waals surface area contributed by atoms with Crippen molar-refractivity contribution in [3.8, 4) is 0 Å². The second-order valence-electron chi connectivity index (χ2n) is 4.74. The highest BCUT2D eigenvalue weighted by molar-refractivity contribution is 7.89. The van der Waals surface area contributed by atoms with Crippen molar-refractivity contribution in [2.24, 2.45) is 0 Å². The number of aliphatic hydroxyl groups is 1. The Balaban J connectivity index is 2.40. The third-order valence-electron chi connectivity index (χ3n) is 3.21. The van der Waals surface area contributed by atoms with Gasteiger partial charge in [-0.15, -0.1) is 0 Å². The van der Waals surface area contributed by atoms with Gasteiger partial charge in [0.25, 0.3) is 0 Å². The summed E-state index contributed by atoms with van der Waals surface area (Å²) in [5.74, 6) is 0. The third kappa shape index (κ3) is 2.91. The first-order valence-electron chi connectivity index (χ1n) is 6.15. The number of aliphatic hydroxyl groups excluding tert-OH is 1. The van der Waals surface area contributed by atoms with Crippen molar-refractivity contribution in [3.63, 3.8) is 0 Å². The molecule has 1 aromatic carbocycles. The Labute approximate surface area is 123 Å². The zero-order chi connectivity index (χ0) is 14.9. The van der Waals surface area contributed by atoms with E-state index in [1.54, 1.807) is 6.92 Å². The van der Waals surface area contributed by atoms with Crippen molar-refractivity contribution in [3.05, 3.63) is 23.2 Å². The maximum atomic E-state index is 12.7. The number of ether oxygens (including phenoxy) is 1. The van der Waals surface area contributed by atoms with Crippen LogP contribution in [0.1, 0.15) is 6.92 Å². The van der Waals surface area contributed by atoms with Crippen molar-refractivity contribution in [2.75, 3.05) is 25.5 Å². The summed E-state index contributed by atoms with van der Waals surface area (Å²) in [5.41, 5.74) is 5.90. The van der Waals surface area contributed by atoms with Crippen LogP contribution in [0.5, 0.6) is 0 Å². The molecule has 8 heteroatoms. The van der Waals surface area contributed by atoms with E-state index < -0.39 is 16.1 Å². The largest absolute Gasteiger partial charge is 0.398 e. The first-order valence-corrected chi connectivity index (χ1v) is 7.97. The number of rotatable bonds is 3. The Kier molecular flexibility index (Phi) is 4.55. The SMILES string of the molecule is CC1COC(CO)CN1S(=O)(=O)c1cc(Cl)ccc1N. The van der Waals surface area contributed by atoms with E-state index in [-0.39, 0.29) is 36.4 Å². The lowest BCUT2D eigenvalue weighted by atomic mass is 10.2. The fourth-order valence-corrected chi connectivity index (χ4v) is 4.12. The molecule has 2 unspecified atom stereocenters. The van der Waals surface area contributed by atoms with Gasteiger partial charge in [-0.2, -0.15) is 4.31 Å². The number of anilines is 1. The van der Waals surface area contributed by atoms with Crippen molar-refractivity contribution in [1.29, 1.82) is 0 Å². The molecule has 112 valence electrons. The number of nitrogen functional groups attached to an aromatic ring is 1. The van der Waals surface area contributed by atoms with Gasteiger partial charge in [0, 0.05) is 17.6 Å². The summed E-state index contributed by atoms with van der Waals surface area (Å²) in [5, 5.41) is 9.44. The number of morpholine rings is 1. The van der Waals surface area contributed by atoms with Crippen LogP contribution in [0.2, 0.25) is 5.02 Å². The molecule has 0 aliphatic carbocycles. The molecule has 20 heavy (non-hydrogen) atoms. The molecular weight excluding hydrogens is 304 g/mol. The van der Waals surface area contributed by atoms with Gasteiger partial charge in [0.05, 0.1) is 25.0 Å². The molecule has 1 heterocycles. The molecule has 0 radical (unpaired) electrons. The Morgan fingerprint density at radius 2 is 2.25 bits per heavy atom. The Morgan fingerprint density at radius 3 is 2.90 bits per heavy atom. The zero-order valence-corrected chi connectivity index (χ0v) is 12.6. The van der Waals surface area contributed by atoms with E-state index in [2.05, 4.69) is 0 Å². The van der Waals surface area contributed by atoms with Gasteiger partial charge >= 0.3 is 0 Å². The topological polar surface area (TPSA) is 92.9 Å². The number of nitrogens with zero attached hydrogens (tertiary/aromatic N) is 1. The molecule has 1 fully saturated rings. The minimum atomic E-state index is -3.77. The maximum Gasteiger partial charge on any atom is 0.245 e. The Bertz CT molecular complexity index is 593. The number of hydrogen-bond donors (Lipinski definition) is 2. The van der Waals surface area contributed by atoms with Crippen molar-refractivity contribution >= 4 is 27.3 Å². The lowest BCUT2D eigenvalue weighted by molar-refractivity contribution is -0.0516. The molecule has 1 aromatic rings. The van der Waals surface area contributed by atoms with Gasteiger partial charge in [0.1, 0.15) is 4.90 Å². The molecule has 0 spiro atoms. The fraction of sp³-hybridized carbons (Fsp3) is 0.500. The molecule has 0 amide bonds. The van der Waals surface area contributed by atoms with E-state index in [9.17, 15) is 8.42 Å². The highest BCUT2D eigenvalue weighted by atomic mass is 35.5. The molecular formula is C12H17ClN2O4S. The van der Waals surface area contributed by atoms with Crippen molar-refractivity contribution in [1.82, 2.24) is 4.31 Å². The Morgan fingerprint density at radius 1 is 1.55 bits per heavy atom. The van der Waals surface area contributed by atoms with Gasteiger partial charge in [-0.05, 0) is 25.1 Å². The maximum absolute atomic E-state index is 12.7. The first-order chi connectivity index (χ1) is 9.36. The standard InChI is InChI=1S/C12H17ClN2O4S/c1-8-7-19-10(6-16)5-15(8)20(17,18)12-4-9(13)2-3-11(12)14/h2-4,8,10,16H,5-7,14H2,1H3. The molecule has 2 atom stereocenters. The summed E-state index contributed by atoms with van der Waals surface area (Å²) in [4.78, 5) is -0.0181. The molecule has 3 N–H and O–H groups in total. The lowest BCUT2D eigenvalue weighted by Gasteiger charge is -2.36. The van der Waals surface area contributed by atoms with E-state index >= 15 is 0 Å². The first kappa shape index (κ1) is 15.5. The van der Waals surface area contributed by atoms with Crippen LogP contribution >= 0.6 is 11.6 Å². The Hall–Kier alpha value is -0.860.